The molecular weight excluding hydrogens is 317 g/mol. The molecule has 0 aliphatic carbocycles. The van der Waals surface area contributed by atoms with E-state index in [1.807, 2.05) is 0 Å². The molecule has 0 radical (unpaired) electrons. The highest BCUT2D eigenvalue weighted by Gasteiger charge is 2.28. The van der Waals surface area contributed by atoms with Crippen molar-refractivity contribution in [3.63, 3.8) is 0 Å². The number of hydrogen-bond donors (Lipinski definition) is 1. The quantitative estimate of drug-likeness (QED) is 0.923. The summed E-state index contributed by atoms with van der Waals surface area (Å²) in [6.07, 6.45) is 1.43. The lowest BCUT2D eigenvalue weighted by Gasteiger charge is -2.10. The Hall–Kier alpha value is -1.82. The van der Waals surface area contributed by atoms with Gasteiger partial charge in [0.15, 0.2) is 5.76 Å². The van der Waals surface area contributed by atoms with Crippen LogP contribution in [0.5, 0.6) is 5.75 Å². The Balaban J connectivity index is 1.83. The molecule has 1 atom stereocenters. The topological polar surface area (TPSA) is 51.5 Å². The number of nitrogens with one attached hydrogen (secondary N) is 1. The van der Waals surface area contributed by atoms with Gasteiger partial charge in [-0.05, 0) is 34.1 Å². The number of rotatable bonds is 2. The van der Waals surface area contributed by atoms with Crippen molar-refractivity contribution in [3.8, 4) is 5.75 Å². The minimum Gasteiger partial charge on any atom is -0.491 e. The largest absolute Gasteiger partial charge is 0.491 e. The maximum absolute atomic E-state index is 13.4. The van der Waals surface area contributed by atoms with Gasteiger partial charge in [0.05, 0.1) is 16.8 Å². The van der Waals surface area contributed by atoms with Crippen LogP contribution in [0.25, 0.3) is 0 Å². The molecule has 1 aromatic carbocycles. The maximum atomic E-state index is 13.4. The molecule has 0 bridgehead atoms. The first-order valence-corrected chi connectivity index (χ1v) is 6.40. The second kappa shape index (κ2) is 4.70. The summed E-state index contributed by atoms with van der Waals surface area (Å²) in [5.41, 5.74) is 0.744. The van der Waals surface area contributed by atoms with Crippen molar-refractivity contribution in [3.05, 3.63) is 52.1 Å². The third kappa shape index (κ3) is 2.23. The van der Waals surface area contributed by atoms with E-state index in [1.165, 1.54) is 12.3 Å². The highest BCUT2D eigenvalue weighted by Crippen LogP contribution is 2.36. The zero-order valence-corrected chi connectivity index (χ0v) is 11.2. The van der Waals surface area contributed by atoms with E-state index < -0.39 is 5.82 Å². The first-order chi connectivity index (χ1) is 9.15. The van der Waals surface area contributed by atoms with Crippen molar-refractivity contribution in [1.82, 2.24) is 5.32 Å². The second-order valence-corrected chi connectivity index (χ2v) is 4.97. The predicted molar refractivity (Wildman–Crippen MR) is 68.5 cm³/mol. The van der Waals surface area contributed by atoms with Crippen LogP contribution >= 0.6 is 15.9 Å². The molecule has 0 fully saturated rings. The molecule has 1 amide bonds. The Morgan fingerprint density at radius 1 is 1.47 bits per heavy atom. The molecule has 0 saturated carbocycles. The summed E-state index contributed by atoms with van der Waals surface area (Å²) in [4.78, 5) is 11.9. The van der Waals surface area contributed by atoms with Crippen molar-refractivity contribution in [2.75, 3.05) is 6.61 Å². The number of amides is 1. The van der Waals surface area contributed by atoms with E-state index in [4.69, 9.17) is 9.15 Å². The molecular formula is C13H9BrFNO3. The number of hydrogen-bond acceptors (Lipinski definition) is 3. The Morgan fingerprint density at radius 2 is 2.32 bits per heavy atom. The number of fused-ring (bicyclic) bond motifs is 1. The molecule has 0 saturated heterocycles. The molecule has 2 aromatic rings. The summed E-state index contributed by atoms with van der Waals surface area (Å²) < 4.78 is 24.1. The Labute approximate surface area is 116 Å². The standard InChI is InChI=1S/C13H9BrFNO3/c14-8-4-7-10(6-19-12(7)5-9(8)15)16-13(17)11-2-1-3-18-11/h1-5,10H,6H2,(H,16,17)/t10-/m1/s1. The molecule has 1 aromatic heterocycles. The average molecular weight is 326 g/mol. The minimum atomic E-state index is -0.392. The molecule has 0 unspecified atom stereocenters. The third-order valence-electron chi connectivity index (χ3n) is 2.88. The summed E-state index contributed by atoms with van der Waals surface area (Å²) >= 11 is 3.12. The van der Waals surface area contributed by atoms with E-state index in [0.29, 0.717) is 10.2 Å². The first-order valence-electron chi connectivity index (χ1n) is 5.61. The lowest BCUT2D eigenvalue weighted by molar-refractivity contribution is 0.0902. The van der Waals surface area contributed by atoms with Gasteiger partial charge >= 0.3 is 0 Å². The van der Waals surface area contributed by atoms with E-state index >= 15 is 0 Å². The second-order valence-electron chi connectivity index (χ2n) is 4.12. The SMILES string of the molecule is O=C(N[C@@H]1COc2cc(F)c(Br)cc21)c1ccco1. The number of furan rings is 1. The van der Waals surface area contributed by atoms with Crippen LogP contribution in [0.15, 0.2) is 39.4 Å². The van der Waals surface area contributed by atoms with Gasteiger partial charge < -0.3 is 14.5 Å². The first kappa shape index (κ1) is 12.2. The summed E-state index contributed by atoms with van der Waals surface area (Å²) in [6.45, 7) is 0.275. The van der Waals surface area contributed by atoms with Gasteiger partial charge in [0.1, 0.15) is 18.2 Å². The van der Waals surface area contributed by atoms with E-state index in [-0.39, 0.29) is 24.3 Å². The van der Waals surface area contributed by atoms with E-state index in [9.17, 15) is 9.18 Å². The molecule has 98 valence electrons. The van der Waals surface area contributed by atoms with Gasteiger partial charge in [-0.15, -0.1) is 0 Å². The summed E-state index contributed by atoms with van der Waals surface area (Å²) in [7, 11) is 0. The fraction of sp³-hybridized carbons (Fsp3) is 0.154. The van der Waals surface area contributed by atoms with Crippen LogP contribution in [0.4, 0.5) is 4.39 Å². The fourth-order valence-corrected chi connectivity index (χ4v) is 2.32. The van der Waals surface area contributed by atoms with Gasteiger partial charge in [-0.1, -0.05) is 0 Å². The van der Waals surface area contributed by atoms with Gasteiger partial charge in [0.2, 0.25) is 0 Å². The zero-order valence-electron chi connectivity index (χ0n) is 9.65. The number of carbonyl (C=O) groups excluding carboxylic acids is 1. The van der Waals surface area contributed by atoms with Crippen molar-refractivity contribution < 1.29 is 18.3 Å². The smallest absolute Gasteiger partial charge is 0.287 e. The normalized spacial score (nSPS) is 16.8. The van der Waals surface area contributed by atoms with Crippen LogP contribution in [0.3, 0.4) is 0 Å². The lowest BCUT2D eigenvalue weighted by atomic mass is 10.1. The van der Waals surface area contributed by atoms with E-state index in [0.717, 1.165) is 5.56 Å². The van der Waals surface area contributed by atoms with Gasteiger partial charge in [0.25, 0.3) is 5.91 Å². The predicted octanol–water partition coefficient (Wildman–Crippen LogP) is 3.04. The van der Waals surface area contributed by atoms with Gasteiger partial charge in [-0.2, -0.15) is 0 Å². The average Bonchev–Trinajstić information content (AvgIpc) is 3.01. The molecule has 6 heteroatoms. The Kier molecular flexibility index (Phi) is 3.02. The molecule has 19 heavy (non-hydrogen) atoms. The minimum absolute atomic E-state index is 0.231. The fourth-order valence-electron chi connectivity index (χ4n) is 1.96. The monoisotopic (exact) mass is 325 g/mol. The number of ether oxygens (including phenoxy) is 1. The number of carbonyl (C=O) groups is 1. The van der Waals surface area contributed by atoms with Crippen LogP contribution in [-0.2, 0) is 0 Å². The van der Waals surface area contributed by atoms with Crippen LogP contribution in [0.2, 0.25) is 0 Å². The summed E-state index contributed by atoms with van der Waals surface area (Å²) in [6, 6.07) is 5.82. The third-order valence-corrected chi connectivity index (χ3v) is 3.49. The number of halogens is 2. The molecule has 1 aliphatic rings. The van der Waals surface area contributed by atoms with Crippen molar-refractivity contribution in [1.29, 1.82) is 0 Å². The maximum Gasteiger partial charge on any atom is 0.287 e. The van der Waals surface area contributed by atoms with Gasteiger partial charge in [0, 0.05) is 11.6 Å². The van der Waals surface area contributed by atoms with Crippen molar-refractivity contribution in [2.45, 2.75) is 6.04 Å². The lowest BCUT2D eigenvalue weighted by Crippen LogP contribution is -2.29. The highest BCUT2D eigenvalue weighted by molar-refractivity contribution is 9.10. The van der Waals surface area contributed by atoms with Gasteiger partial charge in [-0.3, -0.25) is 4.79 Å². The van der Waals surface area contributed by atoms with Gasteiger partial charge in [-0.25, -0.2) is 4.39 Å². The number of benzene rings is 1. The van der Waals surface area contributed by atoms with Crippen molar-refractivity contribution in [2.24, 2.45) is 0 Å². The Bertz CT molecular complexity index is 627. The van der Waals surface area contributed by atoms with Crippen LogP contribution in [-0.4, -0.2) is 12.5 Å². The Morgan fingerprint density at radius 3 is 3.05 bits per heavy atom. The zero-order chi connectivity index (χ0) is 13.4. The van der Waals surface area contributed by atoms with Crippen LogP contribution in [0, 0.1) is 5.82 Å². The molecule has 2 heterocycles. The summed E-state index contributed by atoms with van der Waals surface area (Å²) in [5.74, 6) is -0.0382. The molecule has 4 nitrogen and oxygen atoms in total. The molecule has 1 N–H and O–H groups in total. The van der Waals surface area contributed by atoms with E-state index in [2.05, 4.69) is 21.2 Å². The van der Waals surface area contributed by atoms with Crippen LogP contribution in [0.1, 0.15) is 22.2 Å². The van der Waals surface area contributed by atoms with Crippen molar-refractivity contribution >= 4 is 21.8 Å². The summed E-state index contributed by atoms with van der Waals surface area (Å²) in [5, 5.41) is 2.78. The highest BCUT2D eigenvalue weighted by atomic mass is 79.9. The molecule has 1 aliphatic heterocycles. The molecule has 3 rings (SSSR count). The molecule has 0 spiro atoms. The van der Waals surface area contributed by atoms with Crippen LogP contribution < -0.4 is 10.1 Å². The van der Waals surface area contributed by atoms with E-state index in [1.54, 1.807) is 18.2 Å².